The van der Waals surface area contributed by atoms with Crippen LogP contribution in [-0.4, -0.2) is 48.8 Å². The molecular formula is C21H27FN4O3. The molecular weight excluding hydrogens is 375 g/mol. The molecule has 156 valence electrons. The topological polar surface area (TPSA) is 75.7 Å². The second-order valence-electron chi connectivity index (χ2n) is 7.00. The van der Waals surface area contributed by atoms with Gasteiger partial charge in [0.2, 0.25) is 5.88 Å². The van der Waals surface area contributed by atoms with Gasteiger partial charge in [-0.1, -0.05) is 12.1 Å². The lowest BCUT2D eigenvalue weighted by atomic mass is 10.1. The Morgan fingerprint density at radius 1 is 1.21 bits per heavy atom. The number of hydrogen-bond acceptors (Lipinski definition) is 6. The molecule has 7 nitrogen and oxygen atoms in total. The number of aromatic nitrogens is 1. The highest BCUT2D eigenvalue weighted by Gasteiger charge is 2.21. The lowest BCUT2D eigenvalue weighted by Crippen LogP contribution is -2.36. The summed E-state index contributed by atoms with van der Waals surface area (Å²) in [4.78, 5) is 18.6. The quantitative estimate of drug-likeness (QED) is 0.732. The van der Waals surface area contributed by atoms with Crippen molar-refractivity contribution in [3.63, 3.8) is 0 Å². The molecule has 0 saturated carbocycles. The lowest BCUT2D eigenvalue weighted by Gasteiger charge is -2.29. The number of hydrogen-bond donors (Lipinski definition) is 2. The van der Waals surface area contributed by atoms with Crippen molar-refractivity contribution in [1.29, 1.82) is 0 Å². The molecule has 0 unspecified atom stereocenters. The number of likely N-dealkylation sites (tertiary alicyclic amines) is 1. The average molecular weight is 402 g/mol. The van der Waals surface area contributed by atoms with E-state index in [1.165, 1.54) is 12.1 Å². The molecule has 0 atom stereocenters. The Kier molecular flexibility index (Phi) is 7.24. The first-order valence-corrected chi connectivity index (χ1v) is 9.82. The number of anilines is 2. The lowest BCUT2D eigenvalue weighted by molar-refractivity contribution is 0.110. The van der Waals surface area contributed by atoms with Crippen LogP contribution in [0.4, 0.5) is 20.7 Å². The maximum Gasteiger partial charge on any atom is 0.411 e. The Balaban J connectivity index is 1.72. The van der Waals surface area contributed by atoms with Crippen LogP contribution in [0.3, 0.4) is 0 Å². The van der Waals surface area contributed by atoms with Gasteiger partial charge in [0.05, 0.1) is 6.61 Å². The number of carbonyl (C=O) groups excluding carboxylic acids is 1. The smallest absolute Gasteiger partial charge is 0.411 e. The minimum Gasteiger partial charge on any atom is -0.473 e. The Hall–Kier alpha value is -2.87. The molecule has 2 N–H and O–H groups in total. The molecule has 1 aliphatic rings. The van der Waals surface area contributed by atoms with Crippen molar-refractivity contribution < 1.29 is 18.7 Å². The van der Waals surface area contributed by atoms with Gasteiger partial charge in [0.15, 0.2) is 0 Å². The number of nitrogens with one attached hydrogen (secondary N) is 2. The highest BCUT2D eigenvalue weighted by molar-refractivity contribution is 5.86. The van der Waals surface area contributed by atoms with Gasteiger partial charge in [0, 0.05) is 19.6 Å². The van der Waals surface area contributed by atoms with Crippen LogP contribution in [0.25, 0.3) is 0 Å². The van der Waals surface area contributed by atoms with Crippen LogP contribution in [0.1, 0.15) is 25.3 Å². The molecule has 0 bridgehead atoms. The molecule has 1 fully saturated rings. The molecule has 1 aromatic carbocycles. The maximum atomic E-state index is 13.1. The Morgan fingerprint density at radius 3 is 2.62 bits per heavy atom. The number of rotatable bonds is 7. The van der Waals surface area contributed by atoms with Crippen LogP contribution in [0.5, 0.6) is 5.88 Å². The zero-order valence-electron chi connectivity index (χ0n) is 16.8. The zero-order chi connectivity index (χ0) is 20.6. The third-order valence-electron chi connectivity index (χ3n) is 4.70. The summed E-state index contributed by atoms with van der Waals surface area (Å²) in [5.74, 6) is 0.693. The number of carbonyl (C=O) groups is 1. The van der Waals surface area contributed by atoms with Gasteiger partial charge in [-0.05, 0) is 56.6 Å². The van der Waals surface area contributed by atoms with Gasteiger partial charge >= 0.3 is 6.09 Å². The van der Waals surface area contributed by atoms with Crippen molar-refractivity contribution in [2.75, 3.05) is 37.4 Å². The van der Waals surface area contributed by atoms with Crippen LogP contribution in [0, 0.1) is 5.82 Å². The van der Waals surface area contributed by atoms with Crippen molar-refractivity contribution in [2.45, 2.75) is 32.4 Å². The molecule has 1 aromatic heterocycles. The summed E-state index contributed by atoms with van der Waals surface area (Å²) >= 11 is 0. The second-order valence-corrected chi connectivity index (χ2v) is 7.00. The minimum absolute atomic E-state index is 0.0359. The Labute approximate surface area is 170 Å². The fourth-order valence-electron chi connectivity index (χ4n) is 3.06. The van der Waals surface area contributed by atoms with E-state index in [4.69, 9.17) is 9.47 Å². The van der Waals surface area contributed by atoms with E-state index in [0.29, 0.717) is 23.9 Å². The predicted molar refractivity (Wildman–Crippen MR) is 110 cm³/mol. The molecule has 2 aromatic rings. The zero-order valence-corrected chi connectivity index (χ0v) is 16.8. The Bertz CT molecular complexity index is 808. The summed E-state index contributed by atoms with van der Waals surface area (Å²) in [6.07, 6.45) is 1.28. The van der Waals surface area contributed by atoms with E-state index >= 15 is 0 Å². The fraction of sp³-hybridized carbons (Fsp3) is 0.429. The van der Waals surface area contributed by atoms with E-state index in [0.717, 1.165) is 31.5 Å². The number of benzene rings is 1. The van der Waals surface area contributed by atoms with Gasteiger partial charge in [0.25, 0.3) is 0 Å². The third-order valence-corrected chi connectivity index (χ3v) is 4.70. The average Bonchev–Trinajstić information content (AvgIpc) is 2.71. The fourth-order valence-corrected chi connectivity index (χ4v) is 3.06. The van der Waals surface area contributed by atoms with E-state index < -0.39 is 6.09 Å². The summed E-state index contributed by atoms with van der Waals surface area (Å²) in [7, 11) is 2.09. The van der Waals surface area contributed by atoms with Crippen LogP contribution in [-0.2, 0) is 11.3 Å². The molecule has 1 aliphatic heterocycles. The molecule has 0 aliphatic carbocycles. The van der Waals surface area contributed by atoms with Gasteiger partial charge in [-0.3, -0.25) is 5.32 Å². The summed E-state index contributed by atoms with van der Waals surface area (Å²) in [6.45, 7) is 4.42. The van der Waals surface area contributed by atoms with Gasteiger partial charge in [-0.15, -0.1) is 0 Å². The molecule has 2 heterocycles. The minimum atomic E-state index is -0.547. The summed E-state index contributed by atoms with van der Waals surface area (Å²) in [5.41, 5.74) is 1.40. The number of ether oxygens (including phenoxy) is 2. The van der Waals surface area contributed by atoms with Crippen LogP contribution < -0.4 is 15.4 Å². The summed E-state index contributed by atoms with van der Waals surface area (Å²) in [5, 5.41) is 5.89. The van der Waals surface area contributed by atoms with Gasteiger partial charge < -0.3 is 19.7 Å². The third kappa shape index (κ3) is 6.32. The second kappa shape index (κ2) is 10.1. The van der Waals surface area contributed by atoms with Crippen LogP contribution >= 0.6 is 0 Å². The van der Waals surface area contributed by atoms with Crippen LogP contribution in [0.2, 0.25) is 0 Å². The van der Waals surface area contributed by atoms with E-state index in [-0.39, 0.29) is 18.5 Å². The first-order chi connectivity index (χ1) is 14.0. The molecule has 0 radical (unpaired) electrons. The van der Waals surface area contributed by atoms with E-state index in [9.17, 15) is 9.18 Å². The number of amides is 1. The molecule has 1 saturated heterocycles. The van der Waals surface area contributed by atoms with E-state index in [2.05, 4.69) is 27.6 Å². The van der Waals surface area contributed by atoms with Gasteiger partial charge in [-0.25, -0.2) is 9.18 Å². The first kappa shape index (κ1) is 20.9. The number of nitrogens with zero attached hydrogens (tertiary/aromatic N) is 2. The van der Waals surface area contributed by atoms with Crippen LogP contribution in [0.15, 0.2) is 36.4 Å². The van der Waals surface area contributed by atoms with E-state index in [1.807, 2.05) is 0 Å². The van der Waals surface area contributed by atoms with Crippen molar-refractivity contribution in [1.82, 2.24) is 9.88 Å². The normalized spacial score (nSPS) is 15.0. The molecule has 1 amide bonds. The number of pyridine rings is 1. The van der Waals surface area contributed by atoms with Crippen molar-refractivity contribution in [3.8, 4) is 5.88 Å². The van der Waals surface area contributed by atoms with E-state index in [1.54, 1.807) is 31.2 Å². The summed E-state index contributed by atoms with van der Waals surface area (Å²) < 4.78 is 24.1. The monoisotopic (exact) mass is 402 g/mol. The van der Waals surface area contributed by atoms with Gasteiger partial charge in [-0.2, -0.15) is 4.98 Å². The largest absolute Gasteiger partial charge is 0.473 e. The standard InChI is InChI=1S/C21H27FN4O3/c1-3-28-21(27)24-18-8-9-19(23-14-15-4-6-16(22)7-5-15)25-20(18)29-17-10-12-26(2)13-11-17/h4-9,17H,3,10-14H2,1-2H3,(H,23,25)(H,24,27). The summed E-state index contributed by atoms with van der Waals surface area (Å²) in [6, 6.07) is 9.77. The van der Waals surface area contributed by atoms with Crippen molar-refractivity contribution >= 4 is 17.6 Å². The number of halogens is 1. The molecule has 0 spiro atoms. The SMILES string of the molecule is CCOC(=O)Nc1ccc(NCc2ccc(F)cc2)nc1OC1CCN(C)CC1. The molecule has 3 rings (SSSR count). The molecule has 8 heteroatoms. The van der Waals surface area contributed by atoms with Crippen molar-refractivity contribution in [3.05, 3.63) is 47.8 Å². The molecule has 29 heavy (non-hydrogen) atoms. The highest BCUT2D eigenvalue weighted by Crippen LogP contribution is 2.28. The predicted octanol–water partition coefficient (Wildman–Crippen LogP) is 3.87. The Morgan fingerprint density at radius 2 is 1.93 bits per heavy atom. The van der Waals surface area contributed by atoms with Gasteiger partial charge in [0.1, 0.15) is 23.4 Å². The highest BCUT2D eigenvalue weighted by atomic mass is 19.1. The number of piperidine rings is 1. The maximum absolute atomic E-state index is 13.1. The first-order valence-electron chi connectivity index (χ1n) is 9.82. The van der Waals surface area contributed by atoms with Crippen molar-refractivity contribution in [2.24, 2.45) is 0 Å².